The van der Waals surface area contributed by atoms with Crippen molar-refractivity contribution >= 4 is 0 Å². The second-order valence-corrected chi connectivity index (χ2v) is 4.61. The van der Waals surface area contributed by atoms with Crippen molar-refractivity contribution in [3.8, 4) is 0 Å². The van der Waals surface area contributed by atoms with E-state index in [2.05, 4.69) is 12.2 Å². The minimum atomic E-state index is 0.760. The molecule has 0 saturated heterocycles. The molecule has 0 unspecified atom stereocenters. The van der Waals surface area contributed by atoms with Gasteiger partial charge in [0, 0.05) is 19.2 Å². The summed E-state index contributed by atoms with van der Waals surface area (Å²) in [4.78, 5) is 0. The van der Waals surface area contributed by atoms with Gasteiger partial charge >= 0.3 is 0 Å². The lowest BCUT2D eigenvalue weighted by Crippen LogP contribution is -2.32. The summed E-state index contributed by atoms with van der Waals surface area (Å²) in [5.41, 5.74) is 0. The Kier molecular flexibility index (Phi) is 7.94. The first kappa shape index (κ1) is 13.0. The van der Waals surface area contributed by atoms with E-state index in [4.69, 9.17) is 4.74 Å². The van der Waals surface area contributed by atoms with Crippen molar-refractivity contribution in [2.45, 2.75) is 64.3 Å². The molecule has 0 bridgehead atoms. The Morgan fingerprint density at radius 2 is 1.67 bits per heavy atom. The third-order valence-electron chi connectivity index (χ3n) is 3.13. The minimum Gasteiger partial charge on any atom is -0.380 e. The summed E-state index contributed by atoms with van der Waals surface area (Å²) < 4.78 is 5.47. The Labute approximate surface area is 94.8 Å². The van der Waals surface area contributed by atoms with E-state index in [-0.39, 0.29) is 0 Å². The van der Waals surface area contributed by atoms with Crippen LogP contribution in [0.25, 0.3) is 0 Å². The summed E-state index contributed by atoms with van der Waals surface area (Å²) in [5, 5.41) is 3.62. The molecule has 2 nitrogen and oxygen atoms in total. The average molecular weight is 213 g/mol. The number of rotatable bonds is 6. The first-order valence-electron chi connectivity index (χ1n) is 6.74. The van der Waals surface area contributed by atoms with Crippen LogP contribution in [0.2, 0.25) is 0 Å². The fraction of sp³-hybridized carbons (Fsp3) is 1.00. The minimum absolute atomic E-state index is 0.760. The normalized spacial score (nSPS) is 19.8. The monoisotopic (exact) mass is 213 g/mol. The van der Waals surface area contributed by atoms with Gasteiger partial charge < -0.3 is 10.1 Å². The zero-order chi connectivity index (χ0) is 10.8. The molecule has 0 aromatic carbocycles. The number of hydrogen-bond donors (Lipinski definition) is 1. The van der Waals surface area contributed by atoms with Crippen LogP contribution < -0.4 is 5.32 Å². The standard InChI is InChI=1S/C13H27NO/c1-2-11-15-12-10-14-13-8-6-4-3-5-7-9-13/h13-14H,2-12H2,1H3. The van der Waals surface area contributed by atoms with Crippen LogP contribution in [0.15, 0.2) is 0 Å². The van der Waals surface area contributed by atoms with E-state index < -0.39 is 0 Å². The van der Waals surface area contributed by atoms with Crippen molar-refractivity contribution in [2.75, 3.05) is 19.8 Å². The summed E-state index contributed by atoms with van der Waals surface area (Å²) in [7, 11) is 0. The van der Waals surface area contributed by atoms with Crippen molar-refractivity contribution in [1.82, 2.24) is 5.32 Å². The number of nitrogens with one attached hydrogen (secondary N) is 1. The van der Waals surface area contributed by atoms with Crippen LogP contribution in [-0.2, 0) is 4.74 Å². The van der Waals surface area contributed by atoms with Crippen LogP contribution in [0.1, 0.15) is 58.3 Å². The Morgan fingerprint density at radius 3 is 2.33 bits per heavy atom. The van der Waals surface area contributed by atoms with Crippen molar-refractivity contribution < 1.29 is 4.74 Å². The molecule has 0 atom stereocenters. The van der Waals surface area contributed by atoms with Crippen LogP contribution in [0.5, 0.6) is 0 Å². The van der Waals surface area contributed by atoms with E-state index in [9.17, 15) is 0 Å². The highest BCUT2D eigenvalue weighted by molar-refractivity contribution is 4.69. The fourth-order valence-electron chi connectivity index (χ4n) is 2.24. The molecule has 0 heterocycles. The highest BCUT2D eigenvalue weighted by Crippen LogP contribution is 2.16. The van der Waals surface area contributed by atoms with E-state index in [1.807, 2.05) is 0 Å². The molecule has 0 radical (unpaired) electrons. The first-order chi connectivity index (χ1) is 7.43. The molecule has 0 spiro atoms. The predicted octanol–water partition coefficient (Wildman–Crippen LogP) is 3.12. The second-order valence-electron chi connectivity index (χ2n) is 4.61. The van der Waals surface area contributed by atoms with Gasteiger partial charge in [0.25, 0.3) is 0 Å². The van der Waals surface area contributed by atoms with Gasteiger partial charge in [-0.3, -0.25) is 0 Å². The summed E-state index contributed by atoms with van der Waals surface area (Å²) in [6.07, 6.45) is 11.0. The molecule has 1 fully saturated rings. The molecule has 15 heavy (non-hydrogen) atoms. The lowest BCUT2D eigenvalue weighted by Gasteiger charge is -2.20. The molecule has 0 amide bonds. The Balaban J connectivity index is 1.97. The molecule has 90 valence electrons. The lowest BCUT2D eigenvalue weighted by molar-refractivity contribution is 0.133. The number of hydrogen-bond acceptors (Lipinski definition) is 2. The maximum Gasteiger partial charge on any atom is 0.0590 e. The van der Waals surface area contributed by atoms with Crippen molar-refractivity contribution in [1.29, 1.82) is 0 Å². The van der Waals surface area contributed by atoms with Gasteiger partial charge in [-0.15, -0.1) is 0 Å². The van der Waals surface area contributed by atoms with Gasteiger partial charge in [-0.2, -0.15) is 0 Å². The highest BCUT2D eigenvalue weighted by Gasteiger charge is 2.09. The molecule has 2 heteroatoms. The Morgan fingerprint density at radius 1 is 1.00 bits per heavy atom. The molecule has 0 aromatic heterocycles. The Hall–Kier alpha value is -0.0800. The lowest BCUT2D eigenvalue weighted by atomic mass is 9.97. The number of ether oxygens (including phenoxy) is 1. The zero-order valence-electron chi connectivity index (χ0n) is 10.3. The van der Waals surface area contributed by atoms with Crippen molar-refractivity contribution in [2.24, 2.45) is 0 Å². The van der Waals surface area contributed by atoms with E-state index >= 15 is 0 Å². The van der Waals surface area contributed by atoms with Gasteiger partial charge in [0.2, 0.25) is 0 Å². The van der Waals surface area contributed by atoms with Gasteiger partial charge in [0.15, 0.2) is 0 Å². The molecule has 1 saturated carbocycles. The highest BCUT2D eigenvalue weighted by atomic mass is 16.5. The maximum atomic E-state index is 5.47. The molecular weight excluding hydrogens is 186 g/mol. The molecule has 1 aliphatic carbocycles. The molecule has 1 aliphatic rings. The van der Waals surface area contributed by atoms with Crippen LogP contribution in [0.3, 0.4) is 0 Å². The van der Waals surface area contributed by atoms with E-state index in [1.54, 1.807) is 0 Å². The third kappa shape index (κ3) is 6.91. The molecule has 1 rings (SSSR count). The third-order valence-corrected chi connectivity index (χ3v) is 3.13. The van der Waals surface area contributed by atoms with E-state index in [0.29, 0.717) is 0 Å². The van der Waals surface area contributed by atoms with E-state index in [1.165, 1.54) is 44.9 Å². The van der Waals surface area contributed by atoms with Gasteiger partial charge in [0.1, 0.15) is 0 Å². The summed E-state index contributed by atoms with van der Waals surface area (Å²) >= 11 is 0. The van der Waals surface area contributed by atoms with Crippen LogP contribution in [-0.4, -0.2) is 25.8 Å². The largest absolute Gasteiger partial charge is 0.380 e. The molecule has 0 aromatic rings. The zero-order valence-corrected chi connectivity index (χ0v) is 10.3. The summed E-state index contributed by atoms with van der Waals surface area (Å²) in [6.45, 7) is 4.98. The smallest absolute Gasteiger partial charge is 0.0590 e. The van der Waals surface area contributed by atoms with Crippen molar-refractivity contribution in [3.63, 3.8) is 0 Å². The quantitative estimate of drug-likeness (QED) is 0.685. The fourth-order valence-corrected chi connectivity index (χ4v) is 2.24. The van der Waals surface area contributed by atoms with Gasteiger partial charge in [0.05, 0.1) is 6.61 Å². The SMILES string of the molecule is CCCOCCNC1CCCCCCC1. The van der Waals surface area contributed by atoms with Crippen LogP contribution in [0.4, 0.5) is 0 Å². The maximum absolute atomic E-state index is 5.47. The van der Waals surface area contributed by atoms with Crippen LogP contribution >= 0.6 is 0 Å². The van der Waals surface area contributed by atoms with Crippen LogP contribution in [0, 0.1) is 0 Å². The molecule has 1 N–H and O–H groups in total. The Bertz CT molecular complexity index is 130. The van der Waals surface area contributed by atoms with E-state index in [0.717, 1.165) is 32.2 Å². The molecular formula is C13H27NO. The predicted molar refractivity (Wildman–Crippen MR) is 65.2 cm³/mol. The van der Waals surface area contributed by atoms with Gasteiger partial charge in [-0.05, 0) is 19.3 Å². The topological polar surface area (TPSA) is 21.3 Å². The van der Waals surface area contributed by atoms with Crippen molar-refractivity contribution in [3.05, 3.63) is 0 Å². The second kappa shape index (κ2) is 9.17. The summed E-state index contributed by atoms with van der Waals surface area (Å²) in [5.74, 6) is 0. The average Bonchev–Trinajstić information content (AvgIpc) is 2.20. The first-order valence-corrected chi connectivity index (χ1v) is 6.74. The van der Waals surface area contributed by atoms with Gasteiger partial charge in [-0.25, -0.2) is 0 Å². The van der Waals surface area contributed by atoms with Gasteiger partial charge in [-0.1, -0.05) is 39.0 Å². The summed E-state index contributed by atoms with van der Waals surface area (Å²) in [6, 6.07) is 0.760. The molecule has 0 aliphatic heterocycles.